The van der Waals surface area contributed by atoms with Gasteiger partial charge in [0.2, 0.25) is 10.0 Å². The largest absolute Gasteiger partial charge is 0.329 e. The summed E-state index contributed by atoms with van der Waals surface area (Å²) in [4.78, 5) is -0.261. The number of rotatable bonds is 7. The fourth-order valence-corrected chi connectivity index (χ4v) is 4.45. The molecule has 0 aliphatic heterocycles. The van der Waals surface area contributed by atoms with E-state index in [0.29, 0.717) is 18.9 Å². The van der Waals surface area contributed by atoms with Crippen LogP contribution in [0, 0.1) is 11.6 Å². The Hall–Kier alpha value is -1.05. The van der Waals surface area contributed by atoms with E-state index in [0.717, 1.165) is 12.1 Å². The molecule has 0 saturated heterocycles. The van der Waals surface area contributed by atoms with Crippen LogP contribution in [0.5, 0.6) is 0 Å². The molecule has 21 heavy (non-hydrogen) atoms. The molecule has 2 N–H and O–H groups in total. The van der Waals surface area contributed by atoms with Crippen LogP contribution in [0.1, 0.15) is 33.6 Å². The highest BCUT2D eigenvalue weighted by atomic mass is 32.2. The lowest BCUT2D eigenvalue weighted by atomic mass is 9.93. The molecule has 0 aliphatic rings. The van der Waals surface area contributed by atoms with E-state index in [1.165, 1.54) is 4.31 Å². The number of hydrogen-bond donors (Lipinski definition) is 1. The first-order valence-corrected chi connectivity index (χ1v) is 8.41. The average Bonchev–Trinajstić information content (AvgIpc) is 2.47. The van der Waals surface area contributed by atoms with Gasteiger partial charge in [-0.05, 0) is 31.0 Å². The van der Waals surface area contributed by atoms with Gasteiger partial charge in [0, 0.05) is 18.6 Å². The molecule has 0 heterocycles. The molecule has 0 saturated carbocycles. The van der Waals surface area contributed by atoms with Crippen molar-refractivity contribution in [3.05, 3.63) is 29.8 Å². The van der Waals surface area contributed by atoms with Gasteiger partial charge in [-0.25, -0.2) is 17.2 Å². The number of likely N-dealkylation sites (N-methyl/N-ethyl adjacent to an activating group) is 1. The van der Waals surface area contributed by atoms with Crippen LogP contribution in [0.3, 0.4) is 0 Å². The maximum Gasteiger partial charge on any atom is 0.243 e. The summed E-state index contributed by atoms with van der Waals surface area (Å²) in [5.74, 6) is -2.26. The van der Waals surface area contributed by atoms with E-state index >= 15 is 0 Å². The molecule has 0 amide bonds. The fourth-order valence-electron chi connectivity index (χ4n) is 2.52. The maximum atomic E-state index is 13.3. The van der Waals surface area contributed by atoms with Crippen molar-refractivity contribution >= 4 is 10.0 Å². The summed E-state index contributed by atoms with van der Waals surface area (Å²) in [5, 5.41) is 0. The molecule has 1 rings (SSSR count). The predicted molar refractivity (Wildman–Crippen MR) is 78.3 cm³/mol. The summed E-state index contributed by atoms with van der Waals surface area (Å²) in [6, 6.07) is 2.60. The third-order valence-electron chi connectivity index (χ3n) is 3.99. The average molecular weight is 320 g/mol. The Bertz CT molecular complexity index is 578. The van der Waals surface area contributed by atoms with E-state index in [2.05, 4.69) is 0 Å². The molecular weight excluding hydrogens is 298 g/mol. The highest BCUT2D eigenvalue weighted by Crippen LogP contribution is 2.30. The Labute approximate surface area is 125 Å². The lowest BCUT2D eigenvalue weighted by molar-refractivity contribution is 0.184. The Balaban J connectivity index is 3.40. The molecular formula is C14H22F2N2O2S. The fraction of sp³-hybridized carbons (Fsp3) is 0.571. The Kier molecular flexibility index (Phi) is 5.83. The van der Waals surface area contributed by atoms with Gasteiger partial charge in [0.1, 0.15) is 0 Å². The molecule has 120 valence electrons. The van der Waals surface area contributed by atoms with Gasteiger partial charge in [0.05, 0.1) is 4.90 Å². The monoisotopic (exact) mass is 320 g/mol. The molecule has 0 aliphatic carbocycles. The summed E-state index contributed by atoms with van der Waals surface area (Å²) in [6.45, 7) is 5.80. The zero-order valence-electron chi connectivity index (χ0n) is 12.6. The molecule has 0 fully saturated rings. The van der Waals surface area contributed by atoms with E-state index in [9.17, 15) is 17.2 Å². The summed E-state index contributed by atoms with van der Waals surface area (Å²) >= 11 is 0. The van der Waals surface area contributed by atoms with Crippen LogP contribution >= 0.6 is 0 Å². The molecule has 0 atom stereocenters. The van der Waals surface area contributed by atoms with Gasteiger partial charge in [-0.3, -0.25) is 0 Å². The van der Waals surface area contributed by atoms with Gasteiger partial charge in [-0.15, -0.1) is 0 Å². The van der Waals surface area contributed by atoms with Crippen molar-refractivity contribution < 1.29 is 17.2 Å². The minimum atomic E-state index is -3.94. The van der Waals surface area contributed by atoms with Crippen molar-refractivity contribution in [1.82, 2.24) is 4.31 Å². The van der Waals surface area contributed by atoms with Crippen molar-refractivity contribution in [1.29, 1.82) is 0 Å². The summed E-state index contributed by atoms with van der Waals surface area (Å²) in [5.41, 5.74) is 5.07. The molecule has 0 spiro atoms. The van der Waals surface area contributed by atoms with Gasteiger partial charge < -0.3 is 5.73 Å². The van der Waals surface area contributed by atoms with E-state index in [1.807, 2.05) is 13.8 Å². The normalized spacial score (nSPS) is 12.9. The quantitative estimate of drug-likeness (QED) is 0.839. The molecule has 1 aromatic carbocycles. The minimum absolute atomic E-state index is 0.163. The van der Waals surface area contributed by atoms with Gasteiger partial charge in [-0.2, -0.15) is 4.31 Å². The van der Waals surface area contributed by atoms with Crippen molar-refractivity contribution in [2.24, 2.45) is 5.73 Å². The summed E-state index contributed by atoms with van der Waals surface area (Å²) in [7, 11) is -3.94. The number of hydrogen-bond acceptors (Lipinski definition) is 3. The first-order chi connectivity index (χ1) is 9.78. The number of benzene rings is 1. The van der Waals surface area contributed by atoms with Crippen molar-refractivity contribution in [2.75, 3.05) is 13.1 Å². The van der Waals surface area contributed by atoms with Gasteiger partial charge in [0.25, 0.3) is 0 Å². The standard InChI is InChI=1S/C14H22F2N2O2S/c1-4-14(5-2,10-17)18(6-3)21(19,20)11-7-8-12(15)13(16)9-11/h7-9H,4-6,10,17H2,1-3H3. The third-order valence-corrected chi connectivity index (χ3v) is 6.07. The molecule has 0 radical (unpaired) electrons. The van der Waals surface area contributed by atoms with E-state index in [1.54, 1.807) is 6.92 Å². The zero-order chi connectivity index (χ0) is 16.3. The molecule has 0 aromatic heterocycles. The maximum absolute atomic E-state index is 13.3. The van der Waals surface area contributed by atoms with Gasteiger partial charge in [-0.1, -0.05) is 20.8 Å². The lowest BCUT2D eigenvalue weighted by Crippen LogP contribution is -2.55. The van der Waals surface area contributed by atoms with Crippen molar-refractivity contribution in [3.63, 3.8) is 0 Å². The predicted octanol–water partition coefficient (Wildman–Crippen LogP) is 2.49. The van der Waals surface area contributed by atoms with E-state index in [-0.39, 0.29) is 18.0 Å². The SMILES string of the molecule is CCN(C(CC)(CC)CN)S(=O)(=O)c1ccc(F)c(F)c1. The number of halogens is 2. The number of nitrogens with two attached hydrogens (primary N) is 1. The van der Waals surface area contributed by atoms with Crippen LogP contribution in [0.15, 0.2) is 23.1 Å². The molecule has 4 nitrogen and oxygen atoms in total. The first-order valence-electron chi connectivity index (χ1n) is 6.97. The summed E-state index contributed by atoms with van der Waals surface area (Å²) in [6.07, 6.45) is 1.08. The van der Waals surface area contributed by atoms with Crippen LogP contribution < -0.4 is 5.73 Å². The highest BCUT2D eigenvalue weighted by Gasteiger charge is 2.39. The lowest BCUT2D eigenvalue weighted by Gasteiger charge is -2.40. The van der Waals surface area contributed by atoms with Crippen LogP contribution in [-0.4, -0.2) is 31.4 Å². The summed E-state index contributed by atoms with van der Waals surface area (Å²) < 4.78 is 53.1. The second-order valence-electron chi connectivity index (χ2n) is 4.88. The smallest absolute Gasteiger partial charge is 0.243 e. The second kappa shape index (κ2) is 6.81. The topological polar surface area (TPSA) is 63.4 Å². The first kappa shape index (κ1) is 18.0. The molecule has 0 unspecified atom stereocenters. The van der Waals surface area contributed by atoms with Crippen molar-refractivity contribution in [3.8, 4) is 0 Å². The number of sulfonamides is 1. The second-order valence-corrected chi connectivity index (χ2v) is 6.74. The Morgan fingerprint density at radius 1 is 1.14 bits per heavy atom. The Morgan fingerprint density at radius 3 is 2.10 bits per heavy atom. The molecule has 0 bridgehead atoms. The van der Waals surface area contributed by atoms with Crippen LogP contribution in [0.25, 0.3) is 0 Å². The van der Waals surface area contributed by atoms with Crippen molar-refractivity contribution in [2.45, 2.75) is 44.0 Å². The highest BCUT2D eigenvalue weighted by molar-refractivity contribution is 7.89. The van der Waals surface area contributed by atoms with Crippen LogP contribution in [0.4, 0.5) is 8.78 Å². The number of nitrogens with zero attached hydrogens (tertiary/aromatic N) is 1. The third kappa shape index (κ3) is 3.25. The Morgan fingerprint density at radius 2 is 1.71 bits per heavy atom. The van der Waals surface area contributed by atoms with Crippen LogP contribution in [-0.2, 0) is 10.0 Å². The van der Waals surface area contributed by atoms with Gasteiger partial charge >= 0.3 is 0 Å². The molecule has 1 aromatic rings. The minimum Gasteiger partial charge on any atom is -0.329 e. The zero-order valence-corrected chi connectivity index (χ0v) is 13.4. The van der Waals surface area contributed by atoms with E-state index in [4.69, 9.17) is 5.73 Å². The molecule has 7 heteroatoms. The van der Waals surface area contributed by atoms with E-state index < -0.39 is 27.2 Å². The van der Waals surface area contributed by atoms with Crippen LogP contribution in [0.2, 0.25) is 0 Å². The van der Waals surface area contributed by atoms with Gasteiger partial charge in [0.15, 0.2) is 11.6 Å².